The minimum Gasteiger partial charge on any atom is -0.451 e. The molecule has 0 amide bonds. The lowest BCUT2D eigenvalue weighted by Gasteiger charge is -2.17. The summed E-state index contributed by atoms with van der Waals surface area (Å²) in [5.74, 6) is 0. The molecule has 1 aliphatic heterocycles. The van der Waals surface area contributed by atoms with E-state index in [1.807, 2.05) is 32.0 Å². The Labute approximate surface area is 83.4 Å². The number of aryl methyl sites for hydroxylation is 1. The number of ether oxygens (including phenoxy) is 2. The van der Waals surface area contributed by atoms with E-state index in [0.717, 1.165) is 16.8 Å². The highest BCUT2D eigenvalue weighted by molar-refractivity contribution is 5.75. The summed E-state index contributed by atoms with van der Waals surface area (Å²) >= 11 is 0. The summed E-state index contributed by atoms with van der Waals surface area (Å²) in [6.07, 6.45) is 0.384. The van der Waals surface area contributed by atoms with Crippen molar-refractivity contribution in [3.05, 3.63) is 29.3 Å². The van der Waals surface area contributed by atoms with E-state index in [-0.39, 0.29) is 0 Å². The average molecular weight is 191 g/mol. The summed E-state index contributed by atoms with van der Waals surface area (Å²) in [7, 11) is 0. The van der Waals surface area contributed by atoms with Gasteiger partial charge in [-0.15, -0.1) is 0 Å². The molecule has 1 aromatic rings. The molecular weight excluding hydrogens is 178 g/mol. The molecule has 14 heavy (non-hydrogen) atoms. The Morgan fingerprint density at radius 2 is 2.36 bits per heavy atom. The van der Waals surface area contributed by atoms with Gasteiger partial charge in [-0.2, -0.15) is 4.99 Å². The van der Waals surface area contributed by atoms with Crippen LogP contribution in [0.3, 0.4) is 0 Å². The second kappa shape index (κ2) is 3.70. The fourth-order valence-corrected chi connectivity index (χ4v) is 1.46. The van der Waals surface area contributed by atoms with Crippen LogP contribution in [0.25, 0.3) is 0 Å². The van der Waals surface area contributed by atoms with Crippen LogP contribution in [0.15, 0.2) is 23.2 Å². The maximum atomic E-state index is 5.33. The number of rotatable bonds is 1. The average Bonchev–Trinajstić information content (AvgIpc) is 2.20. The largest absolute Gasteiger partial charge is 0.451 e. The SMILES string of the molecule is CCOC1=Nc2c(C)cccc2CO1. The molecule has 3 nitrogen and oxygen atoms in total. The molecule has 0 aromatic heterocycles. The first kappa shape index (κ1) is 9.06. The molecule has 0 N–H and O–H groups in total. The Balaban J connectivity index is 2.37. The zero-order valence-corrected chi connectivity index (χ0v) is 8.41. The van der Waals surface area contributed by atoms with Crippen molar-refractivity contribution in [1.82, 2.24) is 0 Å². The van der Waals surface area contributed by atoms with Crippen molar-refractivity contribution in [3.63, 3.8) is 0 Å². The van der Waals surface area contributed by atoms with Crippen molar-refractivity contribution in [2.45, 2.75) is 20.5 Å². The zero-order chi connectivity index (χ0) is 9.97. The Morgan fingerprint density at radius 3 is 3.14 bits per heavy atom. The summed E-state index contributed by atoms with van der Waals surface area (Å²) in [6.45, 7) is 5.09. The molecule has 0 aliphatic carbocycles. The third kappa shape index (κ3) is 1.58. The molecule has 0 bridgehead atoms. The van der Waals surface area contributed by atoms with Gasteiger partial charge in [0.1, 0.15) is 6.61 Å². The number of hydrogen-bond acceptors (Lipinski definition) is 3. The van der Waals surface area contributed by atoms with Gasteiger partial charge in [-0.05, 0) is 19.4 Å². The maximum absolute atomic E-state index is 5.33. The lowest BCUT2D eigenvalue weighted by Crippen LogP contribution is -2.13. The first-order valence-corrected chi connectivity index (χ1v) is 4.74. The van der Waals surface area contributed by atoms with Crippen LogP contribution in [0.4, 0.5) is 5.69 Å². The van der Waals surface area contributed by atoms with Crippen LogP contribution in [0.1, 0.15) is 18.1 Å². The predicted molar refractivity (Wildman–Crippen MR) is 54.7 cm³/mol. The number of aliphatic imine (C=N–C) groups is 1. The van der Waals surface area contributed by atoms with Gasteiger partial charge in [-0.1, -0.05) is 18.2 Å². The summed E-state index contributed by atoms with van der Waals surface area (Å²) in [6, 6.07) is 6.07. The second-order valence-electron chi connectivity index (χ2n) is 3.18. The number of hydrogen-bond donors (Lipinski definition) is 0. The number of nitrogens with zero attached hydrogens (tertiary/aromatic N) is 1. The molecule has 0 fully saturated rings. The lowest BCUT2D eigenvalue weighted by atomic mass is 10.1. The molecule has 0 spiro atoms. The number of para-hydroxylation sites is 1. The van der Waals surface area contributed by atoms with Crippen LogP contribution in [-0.4, -0.2) is 12.7 Å². The zero-order valence-electron chi connectivity index (χ0n) is 8.41. The van der Waals surface area contributed by atoms with Gasteiger partial charge in [0, 0.05) is 5.56 Å². The third-order valence-corrected chi connectivity index (χ3v) is 2.14. The predicted octanol–water partition coefficient (Wildman–Crippen LogP) is 2.55. The van der Waals surface area contributed by atoms with Crippen LogP contribution >= 0.6 is 0 Å². The summed E-state index contributed by atoms with van der Waals surface area (Å²) in [4.78, 5) is 4.31. The van der Waals surface area contributed by atoms with Gasteiger partial charge in [0.05, 0.1) is 12.3 Å². The molecule has 2 rings (SSSR count). The van der Waals surface area contributed by atoms with Gasteiger partial charge in [0.25, 0.3) is 0 Å². The lowest BCUT2D eigenvalue weighted by molar-refractivity contribution is 0.161. The van der Waals surface area contributed by atoms with E-state index in [1.165, 1.54) is 0 Å². The normalized spacial score (nSPS) is 14.0. The molecule has 0 saturated heterocycles. The molecule has 1 aromatic carbocycles. The van der Waals surface area contributed by atoms with E-state index in [2.05, 4.69) is 4.99 Å². The Morgan fingerprint density at radius 1 is 1.50 bits per heavy atom. The minimum absolute atomic E-state index is 0.384. The highest BCUT2D eigenvalue weighted by Gasteiger charge is 2.14. The van der Waals surface area contributed by atoms with Crippen molar-refractivity contribution in [1.29, 1.82) is 0 Å². The fourth-order valence-electron chi connectivity index (χ4n) is 1.46. The molecule has 0 saturated carbocycles. The molecule has 74 valence electrons. The summed E-state index contributed by atoms with van der Waals surface area (Å²) < 4.78 is 10.6. The van der Waals surface area contributed by atoms with Gasteiger partial charge < -0.3 is 9.47 Å². The Hall–Kier alpha value is -1.51. The van der Waals surface area contributed by atoms with Crippen LogP contribution in [0.5, 0.6) is 0 Å². The molecule has 0 atom stereocenters. The van der Waals surface area contributed by atoms with Gasteiger partial charge >= 0.3 is 6.08 Å². The van der Waals surface area contributed by atoms with Crippen LogP contribution < -0.4 is 0 Å². The quantitative estimate of drug-likeness (QED) is 0.683. The molecule has 1 aliphatic rings. The maximum Gasteiger partial charge on any atom is 0.389 e. The molecule has 1 heterocycles. The Kier molecular flexibility index (Phi) is 2.39. The van der Waals surface area contributed by atoms with Crippen LogP contribution in [-0.2, 0) is 16.1 Å². The van der Waals surface area contributed by atoms with Gasteiger partial charge in [-0.3, -0.25) is 0 Å². The van der Waals surface area contributed by atoms with Crippen molar-refractivity contribution in [3.8, 4) is 0 Å². The third-order valence-electron chi connectivity index (χ3n) is 2.14. The monoisotopic (exact) mass is 191 g/mol. The van der Waals surface area contributed by atoms with E-state index in [0.29, 0.717) is 19.3 Å². The number of fused-ring (bicyclic) bond motifs is 1. The molecule has 0 radical (unpaired) electrons. The topological polar surface area (TPSA) is 30.8 Å². The summed E-state index contributed by atoms with van der Waals surface area (Å²) in [5, 5.41) is 0. The highest BCUT2D eigenvalue weighted by atomic mass is 16.7. The van der Waals surface area contributed by atoms with Gasteiger partial charge in [0.15, 0.2) is 0 Å². The standard InChI is InChI=1S/C11H13NO2/c1-3-13-11-12-10-8(2)5-4-6-9(10)7-14-11/h4-6H,3,7H2,1-2H3. The fraction of sp³-hybridized carbons (Fsp3) is 0.364. The molecule has 3 heteroatoms. The van der Waals surface area contributed by atoms with Crippen molar-refractivity contribution < 1.29 is 9.47 Å². The van der Waals surface area contributed by atoms with E-state index < -0.39 is 0 Å². The van der Waals surface area contributed by atoms with Crippen molar-refractivity contribution in [2.75, 3.05) is 6.61 Å². The number of benzene rings is 1. The van der Waals surface area contributed by atoms with Gasteiger partial charge in [0.2, 0.25) is 0 Å². The van der Waals surface area contributed by atoms with Crippen molar-refractivity contribution in [2.24, 2.45) is 4.99 Å². The van der Waals surface area contributed by atoms with Crippen molar-refractivity contribution >= 4 is 11.8 Å². The minimum atomic E-state index is 0.384. The van der Waals surface area contributed by atoms with E-state index in [4.69, 9.17) is 9.47 Å². The Bertz CT molecular complexity index is 372. The van der Waals surface area contributed by atoms with Crippen LogP contribution in [0.2, 0.25) is 0 Å². The smallest absolute Gasteiger partial charge is 0.389 e. The highest BCUT2D eigenvalue weighted by Crippen LogP contribution is 2.28. The van der Waals surface area contributed by atoms with Gasteiger partial charge in [-0.25, -0.2) is 0 Å². The van der Waals surface area contributed by atoms with E-state index in [1.54, 1.807) is 0 Å². The van der Waals surface area contributed by atoms with E-state index in [9.17, 15) is 0 Å². The first-order chi connectivity index (χ1) is 6.81. The first-order valence-electron chi connectivity index (χ1n) is 4.74. The molecule has 0 unspecified atom stereocenters. The second-order valence-corrected chi connectivity index (χ2v) is 3.18. The van der Waals surface area contributed by atoms with E-state index >= 15 is 0 Å². The molecular formula is C11H13NO2. The van der Waals surface area contributed by atoms with Crippen LogP contribution in [0, 0.1) is 6.92 Å². The summed E-state index contributed by atoms with van der Waals surface area (Å²) in [5.41, 5.74) is 3.26.